The molecule has 0 N–H and O–H groups in total. The molecule has 1 saturated heterocycles. The van der Waals surface area contributed by atoms with E-state index in [9.17, 15) is 0 Å². The van der Waals surface area contributed by atoms with Crippen molar-refractivity contribution in [2.75, 3.05) is 0 Å². The molecule has 3 rings (SSSR count). The highest BCUT2D eigenvalue weighted by atomic mass is 16.5. The van der Waals surface area contributed by atoms with Crippen molar-refractivity contribution in [2.45, 2.75) is 44.9 Å². The third-order valence-corrected chi connectivity index (χ3v) is 3.68. The highest BCUT2D eigenvalue weighted by Crippen LogP contribution is 2.24. The highest BCUT2D eigenvalue weighted by molar-refractivity contribution is 5.76. The molecule has 0 amide bonds. The number of ether oxygens (including phenoxy) is 1. The first-order valence-electron chi connectivity index (χ1n) is 6.74. The number of benzene rings is 1. The number of nitrogens with zero attached hydrogens (tertiary/aromatic N) is 3. The summed E-state index contributed by atoms with van der Waals surface area (Å²) in [6.07, 6.45) is 3.13. The summed E-state index contributed by atoms with van der Waals surface area (Å²) >= 11 is 0. The van der Waals surface area contributed by atoms with Crippen molar-refractivity contribution in [3.63, 3.8) is 0 Å². The summed E-state index contributed by atoms with van der Waals surface area (Å²) in [5.74, 6) is 0.840. The molecule has 2 unspecified atom stereocenters. The second-order valence-corrected chi connectivity index (χ2v) is 5.11. The number of imidazole rings is 1. The molecule has 4 nitrogen and oxygen atoms in total. The van der Waals surface area contributed by atoms with E-state index in [1.165, 1.54) is 0 Å². The van der Waals surface area contributed by atoms with Crippen LogP contribution in [0.2, 0.25) is 0 Å². The standard InChI is InChI=1S/C15H17N3O/c1-11-6-7-12(19-11)10-18-14-5-3-2-4-13(14)17-15(18)8-9-16/h2-5,11-12H,6-8,10H2,1H3. The van der Waals surface area contributed by atoms with E-state index in [0.29, 0.717) is 12.5 Å². The summed E-state index contributed by atoms with van der Waals surface area (Å²) in [4.78, 5) is 4.55. The summed E-state index contributed by atoms with van der Waals surface area (Å²) in [5, 5.41) is 8.94. The van der Waals surface area contributed by atoms with Gasteiger partial charge >= 0.3 is 0 Å². The third kappa shape index (κ3) is 2.34. The molecule has 1 fully saturated rings. The van der Waals surface area contributed by atoms with Crippen LogP contribution in [0, 0.1) is 11.3 Å². The van der Waals surface area contributed by atoms with Gasteiger partial charge in [0.1, 0.15) is 5.82 Å². The van der Waals surface area contributed by atoms with Crippen LogP contribution in [0.5, 0.6) is 0 Å². The molecule has 0 aliphatic carbocycles. The van der Waals surface area contributed by atoms with E-state index < -0.39 is 0 Å². The highest BCUT2D eigenvalue weighted by Gasteiger charge is 2.23. The van der Waals surface area contributed by atoms with Crippen LogP contribution in [0.15, 0.2) is 24.3 Å². The Morgan fingerprint density at radius 1 is 1.42 bits per heavy atom. The van der Waals surface area contributed by atoms with Crippen LogP contribution in [-0.4, -0.2) is 21.8 Å². The summed E-state index contributed by atoms with van der Waals surface area (Å²) < 4.78 is 8.03. The van der Waals surface area contributed by atoms with Gasteiger partial charge in [-0.2, -0.15) is 5.26 Å². The van der Waals surface area contributed by atoms with Crippen molar-refractivity contribution < 1.29 is 4.74 Å². The fourth-order valence-corrected chi connectivity index (χ4v) is 2.76. The first-order valence-corrected chi connectivity index (χ1v) is 6.74. The normalized spacial score (nSPS) is 22.7. The maximum atomic E-state index is 8.94. The fourth-order valence-electron chi connectivity index (χ4n) is 2.76. The van der Waals surface area contributed by atoms with Gasteiger partial charge in [-0.15, -0.1) is 0 Å². The quantitative estimate of drug-likeness (QED) is 0.847. The summed E-state index contributed by atoms with van der Waals surface area (Å²) in [5.41, 5.74) is 2.05. The number of fused-ring (bicyclic) bond motifs is 1. The number of rotatable bonds is 3. The molecule has 2 aromatic rings. The lowest BCUT2D eigenvalue weighted by atomic mass is 10.2. The van der Waals surface area contributed by atoms with Gasteiger partial charge in [0.15, 0.2) is 0 Å². The fraction of sp³-hybridized carbons (Fsp3) is 0.467. The molecule has 1 aliphatic rings. The van der Waals surface area contributed by atoms with Crippen molar-refractivity contribution in [3.8, 4) is 6.07 Å². The van der Waals surface area contributed by atoms with E-state index in [1.54, 1.807) is 0 Å². The maximum absolute atomic E-state index is 8.94. The van der Waals surface area contributed by atoms with Gasteiger partial charge in [-0.05, 0) is 31.9 Å². The van der Waals surface area contributed by atoms with Crippen molar-refractivity contribution in [1.82, 2.24) is 9.55 Å². The van der Waals surface area contributed by atoms with Crippen LogP contribution >= 0.6 is 0 Å². The first-order chi connectivity index (χ1) is 9.28. The largest absolute Gasteiger partial charge is 0.373 e. The van der Waals surface area contributed by atoms with Crippen LogP contribution in [-0.2, 0) is 17.7 Å². The predicted octanol–water partition coefficient (Wildman–Crippen LogP) is 2.67. The van der Waals surface area contributed by atoms with E-state index >= 15 is 0 Å². The molecule has 1 aromatic heterocycles. The topological polar surface area (TPSA) is 50.8 Å². The Hall–Kier alpha value is -1.86. The van der Waals surface area contributed by atoms with Crippen LogP contribution in [0.4, 0.5) is 0 Å². The van der Waals surface area contributed by atoms with Crippen molar-refractivity contribution in [1.29, 1.82) is 5.26 Å². The second-order valence-electron chi connectivity index (χ2n) is 5.11. The Bertz CT molecular complexity index is 626. The van der Waals surface area contributed by atoms with E-state index in [4.69, 9.17) is 10.00 Å². The molecule has 1 aromatic carbocycles. The van der Waals surface area contributed by atoms with Gasteiger partial charge in [-0.25, -0.2) is 4.98 Å². The number of nitriles is 1. The summed E-state index contributed by atoms with van der Waals surface area (Å²) in [7, 11) is 0. The zero-order chi connectivity index (χ0) is 13.2. The van der Waals surface area contributed by atoms with Gasteiger partial charge in [-0.1, -0.05) is 12.1 Å². The lowest BCUT2D eigenvalue weighted by Gasteiger charge is -2.14. The molecule has 2 heterocycles. The van der Waals surface area contributed by atoms with Crippen LogP contribution in [0.1, 0.15) is 25.6 Å². The van der Waals surface area contributed by atoms with Gasteiger partial charge in [-0.3, -0.25) is 0 Å². The van der Waals surface area contributed by atoms with Crippen LogP contribution < -0.4 is 0 Å². The van der Waals surface area contributed by atoms with E-state index in [0.717, 1.165) is 36.2 Å². The maximum Gasteiger partial charge on any atom is 0.124 e. The van der Waals surface area contributed by atoms with E-state index in [-0.39, 0.29) is 6.10 Å². The minimum Gasteiger partial charge on any atom is -0.373 e. The first kappa shape index (κ1) is 12.2. The van der Waals surface area contributed by atoms with Gasteiger partial charge in [0.25, 0.3) is 0 Å². The Morgan fingerprint density at radius 3 is 3.00 bits per heavy atom. The second kappa shape index (κ2) is 5.02. The smallest absolute Gasteiger partial charge is 0.124 e. The summed E-state index contributed by atoms with van der Waals surface area (Å²) in [6, 6.07) is 10.2. The monoisotopic (exact) mass is 255 g/mol. The SMILES string of the molecule is CC1CCC(Cn2c(CC#N)nc3ccccc32)O1. The molecule has 98 valence electrons. The van der Waals surface area contributed by atoms with Crippen molar-refractivity contribution in [2.24, 2.45) is 0 Å². The van der Waals surface area contributed by atoms with Crippen LogP contribution in [0.25, 0.3) is 11.0 Å². The Balaban J connectivity index is 1.95. The van der Waals surface area contributed by atoms with Crippen LogP contribution in [0.3, 0.4) is 0 Å². The summed E-state index contributed by atoms with van der Waals surface area (Å²) in [6.45, 7) is 2.91. The van der Waals surface area contributed by atoms with Gasteiger partial charge in [0, 0.05) is 0 Å². The van der Waals surface area contributed by atoms with Gasteiger partial charge in [0.2, 0.25) is 0 Å². The molecule has 0 radical (unpaired) electrons. The molecule has 4 heteroatoms. The molecule has 19 heavy (non-hydrogen) atoms. The molecule has 0 saturated carbocycles. The van der Waals surface area contributed by atoms with Gasteiger partial charge < -0.3 is 9.30 Å². The average molecular weight is 255 g/mol. The van der Waals surface area contributed by atoms with Crippen molar-refractivity contribution >= 4 is 11.0 Å². The lowest BCUT2D eigenvalue weighted by Crippen LogP contribution is -2.18. The third-order valence-electron chi connectivity index (χ3n) is 3.68. The Morgan fingerprint density at radius 2 is 2.26 bits per heavy atom. The number of hydrogen-bond donors (Lipinski definition) is 0. The lowest BCUT2D eigenvalue weighted by molar-refractivity contribution is 0.0460. The zero-order valence-corrected chi connectivity index (χ0v) is 11.0. The Labute approximate surface area is 112 Å². The molecule has 0 spiro atoms. The van der Waals surface area contributed by atoms with E-state index in [2.05, 4.69) is 28.6 Å². The minimum absolute atomic E-state index is 0.241. The van der Waals surface area contributed by atoms with Gasteiger partial charge in [0.05, 0.1) is 42.3 Å². The molecule has 0 bridgehead atoms. The average Bonchev–Trinajstić information content (AvgIpc) is 2.96. The molecular formula is C15H17N3O. The minimum atomic E-state index is 0.241. The number of aromatic nitrogens is 2. The molecule has 2 atom stereocenters. The molecule has 1 aliphatic heterocycles. The predicted molar refractivity (Wildman–Crippen MR) is 72.6 cm³/mol. The molecular weight excluding hydrogens is 238 g/mol. The van der Waals surface area contributed by atoms with Crippen molar-refractivity contribution in [3.05, 3.63) is 30.1 Å². The number of para-hydroxylation sites is 2. The van der Waals surface area contributed by atoms with E-state index in [1.807, 2.05) is 18.2 Å². The Kier molecular flexibility index (Phi) is 3.22. The zero-order valence-electron chi connectivity index (χ0n) is 11.0. The number of hydrogen-bond acceptors (Lipinski definition) is 3.